The summed E-state index contributed by atoms with van der Waals surface area (Å²) in [6.07, 6.45) is 5.48. The van der Waals surface area contributed by atoms with Crippen molar-refractivity contribution in [1.82, 2.24) is 24.5 Å². The lowest BCUT2D eigenvalue weighted by Gasteiger charge is -1.99. The molecule has 74 valence electrons. The highest BCUT2D eigenvalue weighted by molar-refractivity contribution is 6.16. The topological polar surface area (TPSA) is 48.5 Å². The number of halogens is 1. The minimum absolute atomic E-state index is 0.389. The average molecular weight is 212 g/mol. The molecule has 0 fully saturated rings. The molecule has 0 bridgehead atoms. The van der Waals surface area contributed by atoms with Gasteiger partial charge in [-0.2, -0.15) is 0 Å². The third-order valence-electron chi connectivity index (χ3n) is 1.95. The van der Waals surface area contributed by atoms with Gasteiger partial charge in [0, 0.05) is 19.4 Å². The van der Waals surface area contributed by atoms with Gasteiger partial charge in [-0.25, -0.2) is 9.67 Å². The van der Waals surface area contributed by atoms with Gasteiger partial charge in [-0.05, 0) is 0 Å². The molecule has 0 unspecified atom stereocenters. The number of hydrogen-bond donors (Lipinski definition) is 0. The molecule has 2 aromatic rings. The maximum atomic E-state index is 5.62. The highest BCUT2D eigenvalue weighted by atomic mass is 35.5. The van der Waals surface area contributed by atoms with E-state index in [2.05, 4.69) is 15.3 Å². The quantitative estimate of drug-likeness (QED) is 0.706. The van der Waals surface area contributed by atoms with Crippen molar-refractivity contribution < 1.29 is 0 Å². The van der Waals surface area contributed by atoms with Crippen molar-refractivity contribution in [2.24, 2.45) is 7.05 Å². The summed E-state index contributed by atoms with van der Waals surface area (Å²) in [5.74, 6) is 1.33. The van der Waals surface area contributed by atoms with Crippen molar-refractivity contribution in [3.8, 4) is 0 Å². The van der Waals surface area contributed by atoms with Crippen LogP contribution < -0.4 is 0 Å². The SMILES string of the molecule is Cn1ccnc1Cn1cc(CCl)nn1. The number of rotatable bonds is 3. The first kappa shape index (κ1) is 9.21. The summed E-state index contributed by atoms with van der Waals surface area (Å²) in [6.45, 7) is 0.618. The van der Waals surface area contributed by atoms with Gasteiger partial charge in [0.1, 0.15) is 12.4 Å². The Labute approximate surface area is 86.3 Å². The van der Waals surface area contributed by atoms with Gasteiger partial charge in [-0.1, -0.05) is 5.21 Å². The molecule has 2 heterocycles. The Balaban J connectivity index is 2.15. The second-order valence-electron chi connectivity index (χ2n) is 3.00. The monoisotopic (exact) mass is 211 g/mol. The zero-order valence-corrected chi connectivity index (χ0v) is 8.52. The van der Waals surface area contributed by atoms with Gasteiger partial charge in [0.25, 0.3) is 0 Å². The zero-order chi connectivity index (χ0) is 9.97. The smallest absolute Gasteiger partial charge is 0.130 e. The highest BCUT2D eigenvalue weighted by Gasteiger charge is 2.03. The first-order chi connectivity index (χ1) is 6.79. The number of aryl methyl sites for hydroxylation is 1. The number of alkyl halides is 1. The molecule has 0 aliphatic carbocycles. The molecule has 2 aromatic heterocycles. The summed E-state index contributed by atoms with van der Waals surface area (Å²) in [7, 11) is 1.95. The third kappa shape index (κ3) is 1.77. The molecule has 0 radical (unpaired) electrons. The standard InChI is InChI=1S/C8H10ClN5/c1-13-3-2-10-8(13)6-14-5-7(4-9)11-12-14/h2-3,5H,4,6H2,1H3. The van der Waals surface area contributed by atoms with E-state index in [-0.39, 0.29) is 0 Å². The Morgan fingerprint density at radius 3 is 2.93 bits per heavy atom. The van der Waals surface area contributed by atoms with E-state index in [0.29, 0.717) is 12.4 Å². The molecule has 0 spiro atoms. The van der Waals surface area contributed by atoms with E-state index in [9.17, 15) is 0 Å². The third-order valence-corrected chi connectivity index (χ3v) is 2.22. The molecule has 0 amide bonds. The van der Waals surface area contributed by atoms with Crippen LogP contribution in [0.1, 0.15) is 11.5 Å². The van der Waals surface area contributed by atoms with E-state index in [1.165, 1.54) is 0 Å². The van der Waals surface area contributed by atoms with Crippen molar-refractivity contribution in [1.29, 1.82) is 0 Å². The highest BCUT2D eigenvalue weighted by Crippen LogP contribution is 2.01. The van der Waals surface area contributed by atoms with E-state index < -0.39 is 0 Å². The number of aromatic nitrogens is 5. The number of hydrogen-bond acceptors (Lipinski definition) is 3. The van der Waals surface area contributed by atoms with Crippen LogP contribution >= 0.6 is 11.6 Å². The molecular weight excluding hydrogens is 202 g/mol. The normalized spacial score (nSPS) is 10.7. The van der Waals surface area contributed by atoms with Crippen molar-refractivity contribution in [2.45, 2.75) is 12.4 Å². The summed E-state index contributed by atoms with van der Waals surface area (Å²) in [5.41, 5.74) is 0.779. The van der Waals surface area contributed by atoms with Gasteiger partial charge in [-0.3, -0.25) is 0 Å². The Kier molecular flexibility index (Phi) is 2.49. The molecule has 6 heteroatoms. The van der Waals surface area contributed by atoms with Gasteiger partial charge < -0.3 is 4.57 Å². The van der Waals surface area contributed by atoms with E-state index in [4.69, 9.17) is 11.6 Å². The molecule has 14 heavy (non-hydrogen) atoms. The van der Waals surface area contributed by atoms with Crippen LogP contribution in [0, 0.1) is 0 Å². The van der Waals surface area contributed by atoms with Gasteiger partial charge >= 0.3 is 0 Å². The minimum Gasteiger partial charge on any atom is -0.336 e. The van der Waals surface area contributed by atoms with Gasteiger partial charge in [-0.15, -0.1) is 16.7 Å². The van der Waals surface area contributed by atoms with Crippen LogP contribution in [0.4, 0.5) is 0 Å². The van der Waals surface area contributed by atoms with Gasteiger partial charge in [0.05, 0.1) is 17.8 Å². The number of imidazole rings is 1. The van der Waals surface area contributed by atoms with E-state index in [1.807, 2.05) is 24.0 Å². The second kappa shape index (κ2) is 3.79. The number of nitrogens with zero attached hydrogens (tertiary/aromatic N) is 5. The lowest BCUT2D eigenvalue weighted by molar-refractivity contribution is 0.607. The largest absolute Gasteiger partial charge is 0.336 e. The summed E-state index contributed by atoms with van der Waals surface area (Å²) in [4.78, 5) is 4.19. The molecule has 0 saturated carbocycles. The van der Waals surface area contributed by atoms with Crippen molar-refractivity contribution in [3.05, 3.63) is 30.1 Å². The van der Waals surface area contributed by atoms with Gasteiger partial charge in [0.15, 0.2) is 0 Å². The molecule has 0 aromatic carbocycles. The lowest BCUT2D eigenvalue weighted by Crippen LogP contribution is -2.06. The predicted octanol–water partition coefficient (Wildman–Crippen LogP) is 0.799. The fraction of sp³-hybridized carbons (Fsp3) is 0.375. The van der Waals surface area contributed by atoms with E-state index in [0.717, 1.165) is 11.5 Å². The molecular formula is C8H10ClN5. The van der Waals surface area contributed by atoms with Gasteiger partial charge in [0.2, 0.25) is 0 Å². The maximum Gasteiger partial charge on any atom is 0.130 e. The average Bonchev–Trinajstić information content (AvgIpc) is 2.77. The Morgan fingerprint density at radius 2 is 2.36 bits per heavy atom. The first-order valence-corrected chi connectivity index (χ1v) is 4.74. The minimum atomic E-state index is 0.389. The van der Waals surface area contributed by atoms with Crippen molar-refractivity contribution in [2.75, 3.05) is 0 Å². The van der Waals surface area contributed by atoms with Crippen LogP contribution in [-0.4, -0.2) is 24.5 Å². The van der Waals surface area contributed by atoms with Crippen LogP contribution in [0.25, 0.3) is 0 Å². The molecule has 0 atom stereocenters. The fourth-order valence-electron chi connectivity index (χ4n) is 1.17. The van der Waals surface area contributed by atoms with Crippen LogP contribution in [-0.2, 0) is 19.5 Å². The summed E-state index contributed by atoms with van der Waals surface area (Å²) in [5, 5.41) is 7.82. The fourth-order valence-corrected chi connectivity index (χ4v) is 1.29. The molecule has 0 N–H and O–H groups in total. The van der Waals surface area contributed by atoms with Crippen molar-refractivity contribution >= 4 is 11.6 Å². The zero-order valence-electron chi connectivity index (χ0n) is 7.76. The first-order valence-electron chi connectivity index (χ1n) is 4.21. The Morgan fingerprint density at radius 1 is 1.50 bits per heavy atom. The molecule has 0 saturated heterocycles. The lowest BCUT2D eigenvalue weighted by atomic mass is 10.5. The Bertz CT molecular complexity index is 419. The van der Waals surface area contributed by atoms with Crippen molar-refractivity contribution in [3.63, 3.8) is 0 Å². The maximum absolute atomic E-state index is 5.62. The van der Waals surface area contributed by atoms with Crippen LogP contribution in [0.3, 0.4) is 0 Å². The molecule has 0 aliphatic rings. The molecule has 0 aliphatic heterocycles. The molecule has 2 rings (SSSR count). The summed E-state index contributed by atoms with van der Waals surface area (Å²) < 4.78 is 3.67. The van der Waals surface area contributed by atoms with Crippen LogP contribution in [0.5, 0.6) is 0 Å². The second-order valence-corrected chi connectivity index (χ2v) is 3.26. The summed E-state index contributed by atoms with van der Waals surface area (Å²) >= 11 is 5.62. The Hall–Kier alpha value is -1.36. The molecule has 5 nitrogen and oxygen atoms in total. The van der Waals surface area contributed by atoms with E-state index in [1.54, 1.807) is 10.9 Å². The summed E-state index contributed by atoms with van der Waals surface area (Å²) in [6, 6.07) is 0. The van der Waals surface area contributed by atoms with Crippen LogP contribution in [0.2, 0.25) is 0 Å². The van der Waals surface area contributed by atoms with Crippen LogP contribution in [0.15, 0.2) is 18.6 Å². The predicted molar refractivity (Wildman–Crippen MR) is 51.9 cm³/mol. The van der Waals surface area contributed by atoms with E-state index >= 15 is 0 Å².